The Kier molecular flexibility index (Phi) is 4.98. The van der Waals surface area contributed by atoms with E-state index in [9.17, 15) is 10.1 Å². The molecule has 124 valence electrons. The Balaban J connectivity index is 1.65. The number of likely N-dealkylation sites (N-methyl/N-ethyl adjacent to an activating group) is 1. The molecule has 0 fully saturated rings. The smallest absolute Gasteiger partial charge is 0.239 e. The lowest BCUT2D eigenvalue weighted by atomic mass is 10.1. The number of aryl methyl sites for hydroxylation is 1. The number of fused-ring (bicyclic) bond motifs is 1. The Morgan fingerprint density at radius 1 is 1.38 bits per heavy atom. The van der Waals surface area contributed by atoms with E-state index in [0.717, 1.165) is 24.8 Å². The van der Waals surface area contributed by atoms with Gasteiger partial charge in [-0.05, 0) is 44.4 Å². The predicted molar refractivity (Wildman–Crippen MR) is 97.2 cm³/mol. The number of thiophene rings is 1. The van der Waals surface area contributed by atoms with E-state index in [0.29, 0.717) is 17.1 Å². The lowest BCUT2D eigenvalue weighted by Gasteiger charge is -2.24. The lowest BCUT2D eigenvalue weighted by molar-refractivity contribution is -0.117. The first-order valence-electron chi connectivity index (χ1n) is 8.19. The molecular weight excluding hydrogens is 318 g/mol. The van der Waals surface area contributed by atoms with Crippen LogP contribution in [0, 0.1) is 11.3 Å². The van der Waals surface area contributed by atoms with Gasteiger partial charge in [-0.15, -0.1) is 11.3 Å². The number of carbonyl (C=O) groups excluding carboxylic acids is 1. The van der Waals surface area contributed by atoms with Gasteiger partial charge in [0.25, 0.3) is 0 Å². The summed E-state index contributed by atoms with van der Waals surface area (Å²) in [5.74, 6) is -0.0725. The van der Waals surface area contributed by atoms with Gasteiger partial charge in [-0.25, -0.2) is 0 Å². The highest BCUT2D eigenvalue weighted by molar-refractivity contribution is 7.16. The zero-order valence-corrected chi connectivity index (χ0v) is 14.8. The summed E-state index contributed by atoms with van der Waals surface area (Å²) >= 11 is 1.56. The summed E-state index contributed by atoms with van der Waals surface area (Å²) in [4.78, 5) is 15.7. The molecule has 1 atom stereocenters. The van der Waals surface area contributed by atoms with E-state index >= 15 is 0 Å². The predicted octanol–water partition coefficient (Wildman–Crippen LogP) is 3.74. The summed E-state index contributed by atoms with van der Waals surface area (Å²) in [5, 5.41) is 13.1. The van der Waals surface area contributed by atoms with Crippen LogP contribution in [0.1, 0.15) is 41.0 Å². The van der Waals surface area contributed by atoms with Crippen molar-refractivity contribution in [3.05, 3.63) is 51.9 Å². The van der Waals surface area contributed by atoms with E-state index in [1.165, 1.54) is 10.4 Å². The van der Waals surface area contributed by atoms with Crippen LogP contribution in [0.25, 0.3) is 0 Å². The normalized spacial score (nSPS) is 14.2. The van der Waals surface area contributed by atoms with E-state index in [4.69, 9.17) is 0 Å². The maximum atomic E-state index is 12.4. The molecule has 24 heavy (non-hydrogen) atoms. The van der Waals surface area contributed by atoms with Crippen LogP contribution in [-0.2, 0) is 17.6 Å². The Hall–Kier alpha value is -2.16. The van der Waals surface area contributed by atoms with Gasteiger partial charge in [0.2, 0.25) is 5.91 Å². The van der Waals surface area contributed by atoms with Crippen LogP contribution < -0.4 is 5.32 Å². The SMILES string of the molecule is C[C@H](c1ccccc1)N(C)CC(=O)Nc1sc2c(c1C#N)CCC2. The highest BCUT2D eigenvalue weighted by Crippen LogP contribution is 2.38. The monoisotopic (exact) mass is 339 g/mol. The third kappa shape index (κ3) is 3.35. The molecule has 0 bridgehead atoms. The molecule has 0 saturated heterocycles. The zero-order valence-electron chi connectivity index (χ0n) is 14.0. The number of hydrogen-bond donors (Lipinski definition) is 1. The Labute approximate surface area is 146 Å². The molecule has 1 aliphatic carbocycles. The fraction of sp³-hybridized carbons (Fsp3) is 0.368. The number of hydrogen-bond acceptors (Lipinski definition) is 4. The second kappa shape index (κ2) is 7.16. The molecule has 0 aliphatic heterocycles. The molecule has 1 N–H and O–H groups in total. The molecule has 0 radical (unpaired) electrons. The third-order valence-electron chi connectivity index (χ3n) is 4.62. The number of benzene rings is 1. The van der Waals surface area contributed by atoms with Crippen molar-refractivity contribution >= 4 is 22.2 Å². The Bertz CT molecular complexity index is 776. The molecule has 0 saturated carbocycles. The summed E-state index contributed by atoms with van der Waals surface area (Å²) in [6, 6.07) is 12.6. The molecular formula is C19H21N3OS. The standard InChI is InChI=1S/C19H21N3OS/c1-13(14-7-4-3-5-8-14)22(2)12-18(23)21-19-16(11-20)15-9-6-10-17(15)24-19/h3-5,7-8,13H,6,9-10,12H2,1-2H3,(H,21,23)/t13-/m1/s1. The lowest BCUT2D eigenvalue weighted by Crippen LogP contribution is -2.32. The van der Waals surface area contributed by atoms with Crippen molar-refractivity contribution in [1.82, 2.24) is 4.90 Å². The van der Waals surface area contributed by atoms with Crippen molar-refractivity contribution in [1.29, 1.82) is 5.26 Å². The van der Waals surface area contributed by atoms with Gasteiger partial charge in [0.05, 0.1) is 12.1 Å². The van der Waals surface area contributed by atoms with Gasteiger partial charge < -0.3 is 5.32 Å². The molecule has 0 spiro atoms. The maximum absolute atomic E-state index is 12.4. The fourth-order valence-electron chi connectivity index (χ4n) is 3.13. The minimum atomic E-state index is -0.0725. The first-order valence-corrected chi connectivity index (χ1v) is 9.01. The highest BCUT2D eigenvalue weighted by Gasteiger charge is 2.23. The van der Waals surface area contributed by atoms with Gasteiger partial charge in [0, 0.05) is 10.9 Å². The van der Waals surface area contributed by atoms with Crippen LogP contribution in [0.15, 0.2) is 30.3 Å². The van der Waals surface area contributed by atoms with Crippen LogP contribution in [0.4, 0.5) is 5.00 Å². The van der Waals surface area contributed by atoms with Crippen LogP contribution >= 0.6 is 11.3 Å². The number of nitriles is 1. The summed E-state index contributed by atoms with van der Waals surface area (Å²) in [6.45, 7) is 2.38. The summed E-state index contributed by atoms with van der Waals surface area (Å²) in [7, 11) is 1.94. The molecule has 4 nitrogen and oxygen atoms in total. The molecule has 1 aromatic carbocycles. The number of amides is 1. The third-order valence-corrected chi connectivity index (χ3v) is 5.83. The van der Waals surface area contributed by atoms with Crippen LogP contribution in [0.2, 0.25) is 0 Å². The van der Waals surface area contributed by atoms with Gasteiger partial charge in [-0.1, -0.05) is 30.3 Å². The van der Waals surface area contributed by atoms with E-state index in [1.54, 1.807) is 11.3 Å². The van der Waals surface area contributed by atoms with Gasteiger partial charge in [-0.2, -0.15) is 5.26 Å². The molecule has 0 unspecified atom stereocenters. The molecule has 5 heteroatoms. The van der Waals surface area contributed by atoms with E-state index in [2.05, 4.69) is 30.4 Å². The van der Waals surface area contributed by atoms with E-state index in [-0.39, 0.29) is 11.9 Å². The topological polar surface area (TPSA) is 56.1 Å². The van der Waals surface area contributed by atoms with Gasteiger partial charge in [0.15, 0.2) is 0 Å². The number of anilines is 1. The minimum Gasteiger partial charge on any atom is -0.315 e. The van der Waals surface area contributed by atoms with Crippen molar-refractivity contribution in [2.45, 2.75) is 32.2 Å². The molecule has 1 aliphatic rings. The van der Waals surface area contributed by atoms with Crippen molar-refractivity contribution in [2.24, 2.45) is 0 Å². The summed E-state index contributed by atoms with van der Waals surface area (Å²) in [6.07, 6.45) is 3.09. The molecule has 1 heterocycles. The fourth-order valence-corrected chi connectivity index (χ4v) is 4.38. The van der Waals surface area contributed by atoms with Crippen molar-refractivity contribution in [3.8, 4) is 6.07 Å². The number of nitrogens with zero attached hydrogens (tertiary/aromatic N) is 2. The molecule has 3 rings (SSSR count). The molecule has 1 amide bonds. The van der Waals surface area contributed by atoms with Gasteiger partial charge in [0.1, 0.15) is 11.1 Å². The zero-order chi connectivity index (χ0) is 17.1. The molecule has 2 aromatic rings. The highest BCUT2D eigenvalue weighted by atomic mass is 32.1. The average molecular weight is 339 g/mol. The van der Waals surface area contributed by atoms with Crippen LogP contribution in [0.5, 0.6) is 0 Å². The quantitative estimate of drug-likeness (QED) is 0.903. The van der Waals surface area contributed by atoms with Gasteiger partial charge in [-0.3, -0.25) is 9.69 Å². The largest absolute Gasteiger partial charge is 0.315 e. The Morgan fingerprint density at radius 3 is 2.83 bits per heavy atom. The van der Waals surface area contributed by atoms with Crippen LogP contribution in [0.3, 0.4) is 0 Å². The average Bonchev–Trinajstić information content (AvgIpc) is 3.15. The Morgan fingerprint density at radius 2 is 2.12 bits per heavy atom. The van der Waals surface area contributed by atoms with Crippen LogP contribution in [-0.4, -0.2) is 24.4 Å². The summed E-state index contributed by atoms with van der Waals surface area (Å²) < 4.78 is 0. The summed E-state index contributed by atoms with van der Waals surface area (Å²) in [5.41, 5.74) is 2.99. The minimum absolute atomic E-state index is 0.0725. The number of nitrogens with one attached hydrogen (secondary N) is 1. The maximum Gasteiger partial charge on any atom is 0.239 e. The first kappa shape index (κ1) is 16.7. The second-order valence-electron chi connectivity index (χ2n) is 6.22. The first-order chi connectivity index (χ1) is 11.6. The number of rotatable bonds is 5. The van der Waals surface area contributed by atoms with Crippen molar-refractivity contribution in [3.63, 3.8) is 0 Å². The molecule has 1 aromatic heterocycles. The van der Waals surface area contributed by atoms with E-state index < -0.39 is 0 Å². The van der Waals surface area contributed by atoms with E-state index in [1.807, 2.05) is 30.1 Å². The number of carbonyl (C=O) groups is 1. The van der Waals surface area contributed by atoms with Crippen molar-refractivity contribution < 1.29 is 4.79 Å². The van der Waals surface area contributed by atoms with Gasteiger partial charge >= 0.3 is 0 Å². The second-order valence-corrected chi connectivity index (χ2v) is 7.33. The van der Waals surface area contributed by atoms with Crippen molar-refractivity contribution in [2.75, 3.05) is 18.9 Å².